The van der Waals surface area contributed by atoms with Crippen LogP contribution in [-0.4, -0.2) is 36.8 Å². The summed E-state index contributed by atoms with van der Waals surface area (Å²) < 4.78 is 79.1. The molecule has 1 aromatic carbocycles. The molecule has 3 atom stereocenters. The third kappa shape index (κ3) is 4.40. The molecule has 2 heterocycles. The summed E-state index contributed by atoms with van der Waals surface area (Å²) in [4.78, 5) is 24.3. The number of aromatic nitrogens is 1. The van der Waals surface area contributed by atoms with Gasteiger partial charge in [-0.05, 0) is 19.4 Å². The van der Waals surface area contributed by atoms with Gasteiger partial charge in [-0.3, -0.25) is 9.59 Å². The Morgan fingerprint density at radius 1 is 1.30 bits per heavy atom. The third-order valence-electron chi connectivity index (χ3n) is 5.34. The second-order valence-corrected chi connectivity index (χ2v) is 7.54. The second-order valence-electron chi connectivity index (χ2n) is 7.54. The summed E-state index contributed by atoms with van der Waals surface area (Å²) in [7, 11) is 1.00. The highest BCUT2D eigenvalue weighted by atomic mass is 19.4. The summed E-state index contributed by atoms with van der Waals surface area (Å²) in [5, 5.41) is 13.8. The van der Waals surface area contributed by atoms with E-state index in [0.717, 1.165) is 38.4 Å². The van der Waals surface area contributed by atoms with E-state index in [2.05, 4.69) is 5.32 Å². The van der Waals surface area contributed by atoms with Crippen LogP contribution >= 0.6 is 0 Å². The molecule has 1 aromatic heterocycles. The summed E-state index contributed by atoms with van der Waals surface area (Å²) in [5.74, 6) is -6.94. The van der Waals surface area contributed by atoms with Crippen LogP contribution in [-0.2, 0) is 9.53 Å². The van der Waals surface area contributed by atoms with Crippen molar-refractivity contribution in [2.45, 2.75) is 37.1 Å². The average Bonchev–Trinajstić information content (AvgIpc) is 3.10. The average molecular weight is 475 g/mol. The molecule has 1 aliphatic heterocycles. The Hall–Kier alpha value is -3.48. The van der Waals surface area contributed by atoms with Gasteiger partial charge in [0, 0.05) is 23.6 Å². The van der Waals surface area contributed by atoms with E-state index in [4.69, 9.17) is 15.2 Å². The van der Waals surface area contributed by atoms with Gasteiger partial charge >= 0.3 is 12.1 Å². The first-order valence-electron chi connectivity index (χ1n) is 9.39. The maximum Gasteiger partial charge on any atom is 0.417 e. The molecule has 3 rings (SSSR count). The minimum atomic E-state index is -4.90. The van der Waals surface area contributed by atoms with Crippen molar-refractivity contribution in [3.8, 4) is 5.75 Å². The number of alkyl halides is 3. The molecule has 0 aliphatic carbocycles. The third-order valence-corrected chi connectivity index (χ3v) is 5.34. The van der Waals surface area contributed by atoms with E-state index in [-0.39, 0.29) is 16.0 Å². The number of carbonyl (C=O) groups is 2. The molecule has 33 heavy (non-hydrogen) atoms. The maximum absolute atomic E-state index is 14.2. The molecular formula is C20H18F5N3O5. The number of anilines is 1. The number of ether oxygens (including phenoxy) is 2. The van der Waals surface area contributed by atoms with Crippen molar-refractivity contribution >= 4 is 17.5 Å². The van der Waals surface area contributed by atoms with Gasteiger partial charge in [0.1, 0.15) is 6.10 Å². The summed E-state index contributed by atoms with van der Waals surface area (Å²) in [6, 6.07) is 3.73. The lowest BCUT2D eigenvalue weighted by Crippen LogP contribution is -2.43. The first kappa shape index (κ1) is 24.2. The molecule has 1 aliphatic rings. The molecular weight excluding hydrogens is 457 g/mol. The van der Waals surface area contributed by atoms with Crippen molar-refractivity contribution in [2.75, 3.05) is 12.4 Å². The van der Waals surface area contributed by atoms with Crippen LogP contribution < -0.4 is 20.5 Å². The van der Waals surface area contributed by atoms with E-state index in [1.54, 1.807) is 0 Å². The molecule has 13 heteroatoms. The Bertz CT molecular complexity index is 1110. The number of pyridine rings is 1. The van der Waals surface area contributed by atoms with Gasteiger partial charge in [-0.2, -0.15) is 22.3 Å². The number of halogens is 5. The number of primary amides is 1. The Balaban J connectivity index is 2.02. The smallest absolute Gasteiger partial charge is 0.417 e. The monoisotopic (exact) mass is 475 g/mol. The van der Waals surface area contributed by atoms with Gasteiger partial charge in [-0.15, -0.1) is 0 Å². The van der Waals surface area contributed by atoms with Crippen LogP contribution in [0.4, 0.5) is 27.6 Å². The number of hydrogen-bond acceptors (Lipinski definition) is 5. The van der Waals surface area contributed by atoms with Crippen LogP contribution in [0.15, 0.2) is 30.5 Å². The number of rotatable bonds is 5. The number of benzene rings is 1. The minimum Gasteiger partial charge on any atom is -0.618 e. The number of carbonyl (C=O) groups excluding carboxylic acids is 2. The zero-order valence-corrected chi connectivity index (χ0v) is 17.2. The van der Waals surface area contributed by atoms with E-state index >= 15 is 0 Å². The topological polar surface area (TPSA) is 118 Å². The molecule has 0 radical (unpaired) electrons. The van der Waals surface area contributed by atoms with Crippen molar-refractivity contribution in [1.29, 1.82) is 0 Å². The van der Waals surface area contributed by atoms with Gasteiger partial charge in [-0.1, -0.05) is 6.07 Å². The second kappa shape index (κ2) is 8.46. The SMILES string of the molecule is COc1c([C@@H]2C[C@](C)(C(F)(F)F)O[C@H]2C(=O)Nc2cc[n+]([O-])c(C(N)=O)c2)ccc(F)c1F. The Kier molecular flexibility index (Phi) is 6.20. The van der Waals surface area contributed by atoms with E-state index < -0.39 is 65.1 Å². The first-order chi connectivity index (χ1) is 15.3. The molecule has 2 aromatic rings. The van der Waals surface area contributed by atoms with E-state index in [0.29, 0.717) is 6.07 Å². The van der Waals surface area contributed by atoms with Crippen LogP contribution in [0.2, 0.25) is 0 Å². The molecule has 1 saturated heterocycles. The Morgan fingerprint density at radius 3 is 2.55 bits per heavy atom. The molecule has 8 nitrogen and oxygen atoms in total. The fourth-order valence-corrected chi connectivity index (χ4v) is 3.63. The fraction of sp³-hybridized carbons (Fsp3) is 0.350. The lowest BCUT2D eigenvalue weighted by Gasteiger charge is -2.27. The molecule has 0 bridgehead atoms. The number of hydrogen-bond donors (Lipinski definition) is 2. The molecule has 1 fully saturated rings. The van der Waals surface area contributed by atoms with Crippen molar-refractivity contribution in [3.05, 3.63) is 58.6 Å². The maximum atomic E-state index is 14.2. The molecule has 0 saturated carbocycles. The van der Waals surface area contributed by atoms with Gasteiger partial charge < -0.3 is 25.7 Å². The normalized spacial score (nSPS) is 22.8. The minimum absolute atomic E-state index is 0.124. The van der Waals surface area contributed by atoms with Gasteiger partial charge in [0.05, 0.1) is 12.8 Å². The Labute approximate surface area is 183 Å². The van der Waals surface area contributed by atoms with Crippen LogP contribution in [0, 0.1) is 16.8 Å². The van der Waals surface area contributed by atoms with E-state index in [1.165, 1.54) is 0 Å². The van der Waals surface area contributed by atoms with Gasteiger partial charge in [0.2, 0.25) is 5.82 Å². The lowest BCUT2D eigenvalue weighted by molar-refractivity contribution is -0.607. The first-order valence-corrected chi connectivity index (χ1v) is 9.39. The highest BCUT2D eigenvalue weighted by molar-refractivity contribution is 5.97. The number of methoxy groups -OCH3 is 1. The Morgan fingerprint density at radius 2 is 1.97 bits per heavy atom. The summed E-state index contributed by atoms with van der Waals surface area (Å²) in [5.41, 5.74) is 1.43. The summed E-state index contributed by atoms with van der Waals surface area (Å²) in [6.07, 6.45) is -6.64. The van der Waals surface area contributed by atoms with Crippen molar-refractivity contribution in [3.63, 3.8) is 0 Å². The number of nitrogens with two attached hydrogens (primary N) is 1. The zero-order chi connectivity index (χ0) is 24.7. The van der Waals surface area contributed by atoms with Gasteiger partial charge in [-0.25, -0.2) is 4.39 Å². The molecule has 2 amide bonds. The summed E-state index contributed by atoms with van der Waals surface area (Å²) in [6.45, 7) is 0.730. The fourth-order valence-electron chi connectivity index (χ4n) is 3.63. The highest BCUT2D eigenvalue weighted by Gasteiger charge is 2.61. The van der Waals surface area contributed by atoms with Gasteiger partial charge in [0.25, 0.3) is 11.6 Å². The van der Waals surface area contributed by atoms with Crippen LogP contribution in [0.25, 0.3) is 0 Å². The largest absolute Gasteiger partial charge is 0.618 e. The molecule has 3 N–H and O–H groups in total. The predicted octanol–water partition coefficient (Wildman–Crippen LogP) is 2.54. The van der Waals surface area contributed by atoms with Gasteiger partial charge in [0.15, 0.2) is 23.4 Å². The van der Waals surface area contributed by atoms with Crippen LogP contribution in [0.1, 0.15) is 35.3 Å². The standard InChI is InChI=1S/C20H18F5N3O5/c1-19(20(23,24)25)8-11(10-3-4-12(21)14(22)15(10)32-2)16(33-19)18(30)27-9-5-6-28(31)13(7-9)17(26)29/h3-7,11,16H,8H2,1-2H3,(H2,26,29)(H,27,30)/t11-,16+,19+/m0/s1. The zero-order valence-electron chi connectivity index (χ0n) is 17.2. The van der Waals surface area contributed by atoms with Crippen LogP contribution in [0.5, 0.6) is 5.75 Å². The summed E-state index contributed by atoms with van der Waals surface area (Å²) >= 11 is 0. The quantitative estimate of drug-likeness (QED) is 0.392. The number of nitrogens with one attached hydrogen (secondary N) is 1. The molecule has 178 valence electrons. The van der Waals surface area contributed by atoms with Crippen molar-refractivity contribution < 1.29 is 45.7 Å². The van der Waals surface area contributed by atoms with Crippen molar-refractivity contribution in [2.24, 2.45) is 5.73 Å². The van der Waals surface area contributed by atoms with E-state index in [9.17, 15) is 36.7 Å². The molecule has 0 spiro atoms. The van der Waals surface area contributed by atoms with E-state index in [1.807, 2.05) is 0 Å². The van der Waals surface area contributed by atoms with Crippen molar-refractivity contribution in [1.82, 2.24) is 0 Å². The predicted molar refractivity (Wildman–Crippen MR) is 102 cm³/mol. The highest BCUT2D eigenvalue weighted by Crippen LogP contribution is 2.51. The lowest BCUT2D eigenvalue weighted by atomic mass is 9.85. The molecule has 0 unspecified atom stereocenters. The number of amides is 2. The van der Waals surface area contributed by atoms with Crippen LogP contribution in [0.3, 0.4) is 0 Å². The number of nitrogens with zero attached hydrogens (tertiary/aromatic N) is 1.